The van der Waals surface area contributed by atoms with Gasteiger partial charge in [0, 0.05) is 37.6 Å². The van der Waals surface area contributed by atoms with E-state index in [9.17, 15) is 0 Å². The van der Waals surface area contributed by atoms with Crippen LogP contribution in [0, 0.1) is 0 Å². The highest BCUT2D eigenvalue weighted by Crippen LogP contribution is 2.62. The fourth-order valence-corrected chi connectivity index (χ4v) is 10.6. The average molecular weight is 689 g/mol. The number of benzene rings is 7. The molecule has 8 aromatic rings. The molecule has 0 unspecified atom stereocenters. The maximum absolute atomic E-state index is 6.56. The standard InChI is InChI=1S/C48H36N2OS/c1-47(2)34-17-7-5-14-30(34)31-27-26-29(28-36(31)47)49(40-22-11-16-33-32-15-6-10-25-43(32)52-46(33)40)38-20-13-21-39-44(38)48(3,4)35-18-12-24-42-45(35)50(39)37-19-8-9-23-41(37)51-42/h5-28H,1-4H3. The first kappa shape index (κ1) is 29.8. The van der Waals surface area contributed by atoms with Crippen LogP contribution in [0.25, 0.3) is 31.3 Å². The first-order valence-electron chi connectivity index (χ1n) is 18.1. The lowest BCUT2D eigenvalue weighted by atomic mass is 9.72. The fourth-order valence-electron chi connectivity index (χ4n) is 9.38. The van der Waals surface area contributed by atoms with Crippen LogP contribution in [-0.4, -0.2) is 0 Å². The number of nitrogens with zero attached hydrogens (tertiary/aromatic N) is 2. The molecular weight excluding hydrogens is 653 g/mol. The van der Waals surface area contributed by atoms with Crippen LogP contribution in [0.1, 0.15) is 49.9 Å². The molecule has 0 spiro atoms. The van der Waals surface area contributed by atoms with Crippen LogP contribution < -0.4 is 14.5 Å². The first-order valence-corrected chi connectivity index (χ1v) is 18.9. The van der Waals surface area contributed by atoms with Gasteiger partial charge < -0.3 is 14.5 Å². The van der Waals surface area contributed by atoms with E-state index in [0.29, 0.717) is 0 Å². The summed E-state index contributed by atoms with van der Waals surface area (Å²) < 4.78 is 9.16. The molecule has 11 rings (SSSR count). The Morgan fingerprint density at radius 1 is 0.538 bits per heavy atom. The Morgan fingerprint density at radius 3 is 2.13 bits per heavy atom. The van der Waals surface area contributed by atoms with E-state index in [0.717, 1.165) is 28.6 Å². The van der Waals surface area contributed by atoms with E-state index in [1.807, 2.05) is 11.3 Å². The van der Waals surface area contributed by atoms with Gasteiger partial charge in [-0.3, -0.25) is 0 Å². The van der Waals surface area contributed by atoms with E-state index in [1.165, 1.54) is 70.6 Å². The third-order valence-electron chi connectivity index (χ3n) is 11.8. The third-order valence-corrected chi connectivity index (χ3v) is 13.0. The number of hydrogen-bond donors (Lipinski definition) is 0. The van der Waals surface area contributed by atoms with Crippen molar-refractivity contribution in [2.24, 2.45) is 0 Å². The van der Waals surface area contributed by atoms with Gasteiger partial charge in [0.05, 0.1) is 33.1 Å². The molecule has 3 nitrogen and oxygen atoms in total. The highest BCUT2D eigenvalue weighted by Gasteiger charge is 2.44. The van der Waals surface area contributed by atoms with Crippen molar-refractivity contribution in [2.45, 2.75) is 38.5 Å². The number of para-hydroxylation sites is 3. The molecule has 0 radical (unpaired) electrons. The van der Waals surface area contributed by atoms with Crippen molar-refractivity contribution >= 4 is 65.6 Å². The van der Waals surface area contributed by atoms with Crippen LogP contribution in [0.4, 0.5) is 34.1 Å². The smallest absolute Gasteiger partial charge is 0.151 e. The Kier molecular flexibility index (Phi) is 5.95. The summed E-state index contributed by atoms with van der Waals surface area (Å²) in [6.45, 7) is 9.50. The number of ether oxygens (including phenoxy) is 1. The second-order valence-corrected chi connectivity index (χ2v) is 16.4. The molecule has 0 fully saturated rings. The number of thiophene rings is 1. The molecule has 1 aliphatic carbocycles. The maximum Gasteiger partial charge on any atom is 0.151 e. The van der Waals surface area contributed by atoms with Gasteiger partial charge in [0.15, 0.2) is 11.5 Å². The summed E-state index contributed by atoms with van der Waals surface area (Å²) in [7, 11) is 0. The van der Waals surface area contributed by atoms with E-state index >= 15 is 0 Å². The fraction of sp³-hybridized carbons (Fsp3) is 0.125. The van der Waals surface area contributed by atoms with Crippen LogP contribution in [0.5, 0.6) is 11.5 Å². The molecule has 3 aliphatic rings. The second kappa shape index (κ2) is 10.4. The average Bonchev–Trinajstić information content (AvgIpc) is 3.66. The van der Waals surface area contributed by atoms with Crippen LogP contribution in [0.15, 0.2) is 146 Å². The number of rotatable bonds is 3. The van der Waals surface area contributed by atoms with Crippen molar-refractivity contribution in [3.8, 4) is 22.6 Å². The summed E-state index contributed by atoms with van der Waals surface area (Å²) in [4.78, 5) is 4.99. The zero-order valence-electron chi connectivity index (χ0n) is 29.6. The molecule has 7 aromatic carbocycles. The summed E-state index contributed by atoms with van der Waals surface area (Å²) >= 11 is 1.89. The summed E-state index contributed by atoms with van der Waals surface area (Å²) in [6, 6.07) is 53.5. The van der Waals surface area contributed by atoms with Crippen molar-refractivity contribution < 1.29 is 4.74 Å². The van der Waals surface area contributed by atoms with Crippen molar-refractivity contribution in [1.82, 2.24) is 0 Å². The SMILES string of the molecule is CC1(C)c2ccccc2-c2ccc(N(c3cccc4c3C(C)(C)c3cccc5c3N4c3ccccc3O5)c3cccc4c3sc3ccccc34)cc21. The lowest BCUT2D eigenvalue weighted by molar-refractivity contribution is 0.471. The summed E-state index contributed by atoms with van der Waals surface area (Å²) in [6.07, 6.45) is 0. The Balaban J connectivity index is 1.22. The van der Waals surface area contributed by atoms with Gasteiger partial charge in [0.2, 0.25) is 0 Å². The monoisotopic (exact) mass is 688 g/mol. The molecule has 1 aromatic heterocycles. The van der Waals surface area contributed by atoms with Gasteiger partial charge in [-0.05, 0) is 82.4 Å². The summed E-state index contributed by atoms with van der Waals surface area (Å²) in [5.74, 6) is 1.77. The van der Waals surface area contributed by atoms with Crippen molar-refractivity contribution in [2.75, 3.05) is 9.80 Å². The van der Waals surface area contributed by atoms with Gasteiger partial charge in [-0.1, -0.05) is 119 Å². The number of anilines is 6. The maximum atomic E-state index is 6.56. The first-order chi connectivity index (χ1) is 25.3. The van der Waals surface area contributed by atoms with Crippen LogP contribution >= 0.6 is 11.3 Å². The zero-order valence-corrected chi connectivity index (χ0v) is 30.4. The number of fused-ring (bicyclic) bond motifs is 10. The van der Waals surface area contributed by atoms with E-state index in [1.54, 1.807) is 0 Å². The Morgan fingerprint density at radius 2 is 1.21 bits per heavy atom. The minimum Gasteiger partial charge on any atom is -0.453 e. The van der Waals surface area contributed by atoms with E-state index < -0.39 is 0 Å². The van der Waals surface area contributed by atoms with Gasteiger partial charge in [-0.2, -0.15) is 0 Å². The van der Waals surface area contributed by atoms with E-state index in [4.69, 9.17) is 4.74 Å². The van der Waals surface area contributed by atoms with Gasteiger partial charge in [0.25, 0.3) is 0 Å². The molecule has 0 saturated carbocycles. The second-order valence-electron chi connectivity index (χ2n) is 15.3. The van der Waals surface area contributed by atoms with Crippen LogP contribution in [0.3, 0.4) is 0 Å². The minimum absolute atomic E-state index is 0.126. The minimum atomic E-state index is -0.345. The number of hydrogen-bond acceptors (Lipinski definition) is 4. The Bertz CT molecular complexity index is 2810. The quantitative estimate of drug-likeness (QED) is 0.184. The largest absolute Gasteiger partial charge is 0.453 e. The highest BCUT2D eigenvalue weighted by atomic mass is 32.1. The predicted octanol–water partition coefficient (Wildman–Crippen LogP) is 14.0. The Hall–Kier alpha value is -5.84. The molecule has 0 N–H and O–H groups in total. The third kappa shape index (κ3) is 3.85. The lowest BCUT2D eigenvalue weighted by Gasteiger charge is -2.46. The van der Waals surface area contributed by atoms with Gasteiger partial charge >= 0.3 is 0 Å². The van der Waals surface area contributed by atoms with E-state index in [-0.39, 0.29) is 10.8 Å². The van der Waals surface area contributed by atoms with Crippen molar-refractivity contribution in [1.29, 1.82) is 0 Å². The normalized spacial score (nSPS) is 15.3. The molecule has 3 heterocycles. The zero-order chi connectivity index (χ0) is 34.9. The van der Waals surface area contributed by atoms with Gasteiger partial charge in [-0.25, -0.2) is 0 Å². The molecule has 0 amide bonds. The molecule has 0 atom stereocenters. The van der Waals surface area contributed by atoms with Crippen molar-refractivity contribution in [3.63, 3.8) is 0 Å². The van der Waals surface area contributed by atoms with Gasteiger partial charge in [0.1, 0.15) is 0 Å². The molecule has 0 bridgehead atoms. The summed E-state index contributed by atoms with van der Waals surface area (Å²) in [5.41, 5.74) is 14.4. The molecule has 4 heteroatoms. The van der Waals surface area contributed by atoms with Crippen LogP contribution in [-0.2, 0) is 10.8 Å². The lowest BCUT2D eigenvalue weighted by Crippen LogP contribution is -2.34. The van der Waals surface area contributed by atoms with Crippen molar-refractivity contribution in [3.05, 3.63) is 168 Å². The van der Waals surface area contributed by atoms with Gasteiger partial charge in [-0.15, -0.1) is 11.3 Å². The molecule has 250 valence electrons. The molecule has 2 aliphatic heterocycles. The molecular formula is C48H36N2OS. The van der Waals surface area contributed by atoms with E-state index in [2.05, 4.69) is 183 Å². The Labute approximate surface area is 308 Å². The topological polar surface area (TPSA) is 15.7 Å². The highest BCUT2D eigenvalue weighted by molar-refractivity contribution is 7.26. The predicted molar refractivity (Wildman–Crippen MR) is 218 cm³/mol. The van der Waals surface area contributed by atoms with Crippen LogP contribution in [0.2, 0.25) is 0 Å². The summed E-state index contributed by atoms with van der Waals surface area (Å²) in [5, 5.41) is 2.59. The molecule has 52 heavy (non-hydrogen) atoms. The molecule has 0 saturated heterocycles.